The van der Waals surface area contributed by atoms with Gasteiger partial charge in [-0.25, -0.2) is 18.1 Å². The molecule has 0 radical (unpaired) electrons. The van der Waals surface area contributed by atoms with E-state index in [0.29, 0.717) is 6.61 Å². The smallest absolute Gasteiger partial charge is 0.274 e. The number of halogens is 1. The molecule has 0 fully saturated rings. The molecule has 10 heteroatoms. The molecule has 0 spiro atoms. The monoisotopic (exact) mass is 355 g/mol. The molecule has 122 valence electrons. The minimum Gasteiger partial charge on any atom is -0.390 e. The van der Waals surface area contributed by atoms with Crippen LogP contribution in [-0.4, -0.2) is 44.8 Å². The molecule has 1 heterocycles. The Hall–Kier alpha value is -0.453. The Labute approximate surface area is 131 Å². The molecular weight excluding hydrogens is 334 g/mol. The van der Waals surface area contributed by atoms with Gasteiger partial charge in [0.2, 0.25) is 5.16 Å². The Morgan fingerprint density at radius 3 is 2.52 bits per heavy atom. The fourth-order valence-electron chi connectivity index (χ4n) is 1.55. The van der Waals surface area contributed by atoms with Gasteiger partial charge < -0.3 is 9.84 Å². The fourth-order valence-corrected chi connectivity index (χ4v) is 3.45. The third-order valence-corrected chi connectivity index (χ3v) is 6.20. The molecule has 0 atom stereocenters. The number of nitrogens with one attached hydrogen (secondary N) is 1. The predicted molar refractivity (Wildman–Crippen MR) is 83.5 cm³/mol. The maximum atomic E-state index is 11.9. The molecule has 0 unspecified atom stereocenters. The second-order valence-corrected chi connectivity index (χ2v) is 13.5. The first-order valence-corrected chi connectivity index (χ1v) is 12.1. The summed E-state index contributed by atoms with van der Waals surface area (Å²) in [5.41, 5.74) is 0.221. The normalized spacial score (nSPS) is 12.9. The lowest BCUT2D eigenvalue weighted by molar-refractivity contribution is 0.0757. The van der Waals surface area contributed by atoms with Crippen molar-refractivity contribution in [2.24, 2.45) is 0 Å². The van der Waals surface area contributed by atoms with Gasteiger partial charge in [0.15, 0.2) is 5.15 Å². The third kappa shape index (κ3) is 5.04. The van der Waals surface area contributed by atoms with Gasteiger partial charge in [0.05, 0.1) is 12.3 Å². The predicted octanol–water partition coefficient (Wildman–Crippen LogP) is 1.25. The molecule has 0 saturated carbocycles. The van der Waals surface area contributed by atoms with Crippen molar-refractivity contribution >= 4 is 29.7 Å². The Bertz CT molecular complexity index is 583. The molecule has 1 rings (SSSR count). The molecule has 0 amide bonds. The zero-order chi connectivity index (χ0) is 16.3. The minimum absolute atomic E-state index is 0.0175. The molecule has 1 aromatic rings. The lowest BCUT2D eigenvalue weighted by Crippen LogP contribution is -2.25. The number of aromatic nitrogens is 2. The molecule has 0 aliphatic rings. The van der Waals surface area contributed by atoms with Gasteiger partial charge in [0, 0.05) is 14.7 Å². The van der Waals surface area contributed by atoms with Gasteiger partial charge in [-0.05, 0) is 13.1 Å². The summed E-state index contributed by atoms with van der Waals surface area (Å²) in [5, 5.41) is 9.03. The van der Waals surface area contributed by atoms with E-state index >= 15 is 0 Å². The van der Waals surface area contributed by atoms with Gasteiger partial charge in [0.25, 0.3) is 10.0 Å². The van der Waals surface area contributed by atoms with E-state index in [1.807, 2.05) is 0 Å². The lowest BCUT2D eigenvalue weighted by Gasteiger charge is -2.16. The number of nitrogens with zero attached hydrogens (tertiary/aromatic N) is 2. The van der Waals surface area contributed by atoms with Crippen LogP contribution >= 0.6 is 11.6 Å². The van der Waals surface area contributed by atoms with Crippen molar-refractivity contribution in [1.82, 2.24) is 14.3 Å². The number of imidazole rings is 1. The van der Waals surface area contributed by atoms with Crippen LogP contribution in [0.1, 0.15) is 5.69 Å². The number of aliphatic hydroxyl groups excluding tert-OH is 1. The molecule has 7 nitrogen and oxygen atoms in total. The summed E-state index contributed by atoms with van der Waals surface area (Å²) in [4.78, 5) is 3.80. The topological polar surface area (TPSA) is 93.5 Å². The minimum atomic E-state index is -3.77. The first-order valence-electron chi connectivity index (χ1n) is 6.49. The summed E-state index contributed by atoms with van der Waals surface area (Å²) in [6.07, 6.45) is 0. The van der Waals surface area contributed by atoms with Crippen LogP contribution in [0.2, 0.25) is 30.8 Å². The molecule has 0 aliphatic carbocycles. The van der Waals surface area contributed by atoms with Gasteiger partial charge in [0.1, 0.15) is 6.73 Å². The van der Waals surface area contributed by atoms with Crippen molar-refractivity contribution in [3.05, 3.63) is 10.8 Å². The van der Waals surface area contributed by atoms with Crippen molar-refractivity contribution in [2.75, 3.05) is 13.7 Å². The van der Waals surface area contributed by atoms with Gasteiger partial charge in [-0.3, -0.25) is 4.57 Å². The second kappa shape index (κ2) is 7.21. The van der Waals surface area contributed by atoms with Crippen molar-refractivity contribution in [3.63, 3.8) is 0 Å². The maximum Gasteiger partial charge on any atom is 0.274 e. The van der Waals surface area contributed by atoms with Crippen LogP contribution in [0.4, 0.5) is 0 Å². The standard InChI is InChI=1S/C11H22ClN3O4SSi/c1-13-20(17,18)11-14-10(12)9(7-16)15(11)8-19-5-6-21(2,3)4/h13,16H,5-8H2,1-4H3. The summed E-state index contributed by atoms with van der Waals surface area (Å²) < 4.78 is 32.8. The van der Waals surface area contributed by atoms with Gasteiger partial charge in [-0.1, -0.05) is 31.2 Å². The lowest BCUT2D eigenvalue weighted by atomic mass is 10.5. The highest BCUT2D eigenvalue weighted by molar-refractivity contribution is 7.89. The second-order valence-electron chi connectivity index (χ2n) is 5.77. The fraction of sp³-hybridized carbons (Fsp3) is 0.727. The molecule has 0 bridgehead atoms. The Morgan fingerprint density at radius 1 is 1.43 bits per heavy atom. The zero-order valence-corrected chi connectivity index (χ0v) is 15.3. The van der Waals surface area contributed by atoms with Crippen molar-refractivity contribution in [2.45, 2.75) is 44.2 Å². The van der Waals surface area contributed by atoms with E-state index in [4.69, 9.17) is 16.3 Å². The van der Waals surface area contributed by atoms with Crippen molar-refractivity contribution in [1.29, 1.82) is 0 Å². The number of hydrogen-bond donors (Lipinski definition) is 2. The average Bonchev–Trinajstić information content (AvgIpc) is 2.70. The van der Waals surface area contributed by atoms with Crippen LogP contribution in [-0.2, 0) is 28.1 Å². The highest BCUT2D eigenvalue weighted by Gasteiger charge is 2.25. The van der Waals surface area contributed by atoms with E-state index in [0.717, 1.165) is 6.04 Å². The Morgan fingerprint density at radius 2 is 2.05 bits per heavy atom. The molecule has 0 aliphatic heterocycles. The Kier molecular flexibility index (Phi) is 6.38. The summed E-state index contributed by atoms with van der Waals surface area (Å²) in [6.45, 7) is 6.76. The average molecular weight is 356 g/mol. The largest absolute Gasteiger partial charge is 0.390 e. The number of rotatable bonds is 8. The first kappa shape index (κ1) is 18.6. The molecule has 21 heavy (non-hydrogen) atoms. The molecule has 0 aromatic carbocycles. The molecule has 1 aromatic heterocycles. The summed E-state index contributed by atoms with van der Waals surface area (Å²) >= 11 is 5.87. The van der Waals surface area contributed by atoms with E-state index in [1.165, 1.54) is 11.6 Å². The summed E-state index contributed by atoms with van der Waals surface area (Å²) in [6, 6.07) is 0.956. The quantitative estimate of drug-likeness (QED) is 0.540. The Balaban J connectivity index is 2.94. The summed E-state index contributed by atoms with van der Waals surface area (Å²) in [5.74, 6) is 0. The molecular formula is C11H22ClN3O4SSi. The zero-order valence-electron chi connectivity index (χ0n) is 12.7. The summed E-state index contributed by atoms with van der Waals surface area (Å²) in [7, 11) is -3.71. The van der Waals surface area contributed by atoms with E-state index in [1.54, 1.807) is 0 Å². The van der Waals surface area contributed by atoms with Crippen LogP contribution in [0, 0.1) is 0 Å². The van der Waals surface area contributed by atoms with E-state index in [2.05, 4.69) is 29.3 Å². The van der Waals surface area contributed by atoms with Crippen molar-refractivity contribution in [3.8, 4) is 0 Å². The van der Waals surface area contributed by atoms with Crippen molar-refractivity contribution < 1.29 is 18.3 Å². The van der Waals surface area contributed by atoms with Gasteiger partial charge in [-0.2, -0.15) is 0 Å². The number of hydrogen-bond acceptors (Lipinski definition) is 5. The highest BCUT2D eigenvalue weighted by atomic mass is 35.5. The first-order chi connectivity index (χ1) is 9.62. The molecule has 2 N–H and O–H groups in total. The maximum absolute atomic E-state index is 11.9. The van der Waals surface area contributed by atoms with Crippen LogP contribution < -0.4 is 4.72 Å². The van der Waals surface area contributed by atoms with Crippen LogP contribution in [0.15, 0.2) is 5.16 Å². The number of sulfonamides is 1. The van der Waals surface area contributed by atoms with Gasteiger partial charge in [-0.15, -0.1) is 0 Å². The van der Waals surface area contributed by atoms with Crippen LogP contribution in [0.3, 0.4) is 0 Å². The number of ether oxygens (including phenoxy) is 1. The van der Waals surface area contributed by atoms with Gasteiger partial charge >= 0.3 is 0 Å². The van der Waals surface area contributed by atoms with E-state index in [9.17, 15) is 13.5 Å². The third-order valence-electron chi connectivity index (χ3n) is 2.86. The van der Waals surface area contributed by atoms with E-state index < -0.39 is 24.7 Å². The highest BCUT2D eigenvalue weighted by Crippen LogP contribution is 2.21. The molecule has 0 saturated heterocycles. The number of aliphatic hydroxyl groups is 1. The van der Waals surface area contributed by atoms with Crippen LogP contribution in [0.25, 0.3) is 0 Å². The van der Waals surface area contributed by atoms with E-state index in [-0.39, 0.29) is 22.7 Å². The SMILES string of the molecule is CNS(=O)(=O)c1nc(Cl)c(CO)n1COCC[Si](C)(C)C. The van der Waals surface area contributed by atoms with Crippen LogP contribution in [0.5, 0.6) is 0 Å².